The topological polar surface area (TPSA) is 181 Å². The zero-order chi connectivity index (χ0) is 37.5. The summed E-state index contributed by atoms with van der Waals surface area (Å²) in [5.74, 6) is -7.72. The molecule has 0 spiro atoms. The van der Waals surface area contributed by atoms with Crippen molar-refractivity contribution in [3.05, 3.63) is 107 Å². The monoisotopic (exact) mass is 730 g/mol. The van der Waals surface area contributed by atoms with E-state index >= 15 is 0 Å². The number of benzene rings is 3. The van der Waals surface area contributed by atoms with E-state index in [1.165, 1.54) is 0 Å². The van der Waals surface area contributed by atoms with Crippen molar-refractivity contribution < 1.29 is 51.5 Å². The number of hydrogen-bond acceptors (Lipinski definition) is 11. The smallest absolute Gasteiger partial charge is 0.459 e. The van der Waals surface area contributed by atoms with Gasteiger partial charge < -0.3 is 14.6 Å². The van der Waals surface area contributed by atoms with Crippen LogP contribution in [0.2, 0.25) is 0 Å². The molecule has 3 aromatic carbocycles. The summed E-state index contributed by atoms with van der Waals surface area (Å²) in [7, 11) is 0. The summed E-state index contributed by atoms with van der Waals surface area (Å²) in [5, 5.41) is 32.9. The van der Waals surface area contributed by atoms with Crippen molar-refractivity contribution in [2.24, 2.45) is 0 Å². The number of rotatable bonds is 15. The van der Waals surface area contributed by atoms with Gasteiger partial charge in [0.15, 0.2) is 5.69 Å². The van der Waals surface area contributed by atoms with E-state index < -0.39 is 47.3 Å². The number of alkyl halides is 5. The van der Waals surface area contributed by atoms with Gasteiger partial charge in [-0.2, -0.15) is 27.2 Å². The number of nitrogens with one attached hydrogen (secondary N) is 2. The molecule has 2 heterocycles. The van der Waals surface area contributed by atoms with E-state index in [-0.39, 0.29) is 32.0 Å². The summed E-state index contributed by atoms with van der Waals surface area (Å²) in [4.78, 5) is 34.1. The Balaban J connectivity index is 1.37. The maximum absolute atomic E-state index is 15.0. The number of halogens is 5. The molecule has 5 rings (SSSR count). The molecule has 0 saturated carbocycles. The third-order valence-corrected chi connectivity index (χ3v) is 7.67. The van der Waals surface area contributed by atoms with Gasteiger partial charge in [0.1, 0.15) is 24.7 Å². The van der Waals surface area contributed by atoms with Gasteiger partial charge in [-0.3, -0.25) is 20.0 Å². The van der Waals surface area contributed by atoms with Crippen LogP contribution >= 0.6 is 0 Å². The van der Waals surface area contributed by atoms with Crippen molar-refractivity contribution in [3.63, 3.8) is 0 Å². The van der Waals surface area contributed by atoms with E-state index in [0.29, 0.717) is 40.1 Å². The SMILES string of the molecule is CCCc1nc(C(F)(F)C(F)(F)F)c(C(=O)NCC(=O)OCc2ccc(CON(O)O)cc2)n1Cc1ccc(-c2ccccc2-c2nn[nH]n2)cc1. The third kappa shape index (κ3) is 8.80. The molecule has 19 heteroatoms. The molecule has 0 bridgehead atoms. The standard InChI is InChI=1S/C33H31F5N8O6/c1-2-5-26-40-29(32(34,35)33(36,37)38)28(31(48)39-16-27(47)51-18-21-8-10-22(11-9-21)19-52-46(49)50)45(26)17-20-12-14-23(15-13-20)24-6-3-4-7-25(24)30-41-43-44-42-30/h3-4,6-15,49-50H,2,5,16-19H2,1H3,(H,39,48)(H,41,42,43,44). The van der Waals surface area contributed by atoms with Gasteiger partial charge in [-0.05, 0) is 39.5 Å². The van der Waals surface area contributed by atoms with Crippen LogP contribution in [0.3, 0.4) is 0 Å². The number of aromatic amines is 1. The minimum atomic E-state index is -6.07. The van der Waals surface area contributed by atoms with Gasteiger partial charge in [0.2, 0.25) is 5.82 Å². The second kappa shape index (κ2) is 16.1. The molecule has 5 aromatic rings. The molecule has 0 fully saturated rings. The molecule has 0 aliphatic heterocycles. The first kappa shape index (κ1) is 37.6. The number of carbonyl (C=O) groups is 2. The highest BCUT2D eigenvalue weighted by Gasteiger charge is 2.62. The fourth-order valence-electron chi connectivity index (χ4n) is 5.16. The molecule has 274 valence electrons. The summed E-state index contributed by atoms with van der Waals surface area (Å²) >= 11 is 0. The lowest BCUT2D eigenvalue weighted by molar-refractivity contribution is -0.497. The minimum Gasteiger partial charge on any atom is -0.460 e. The number of hydrogen-bond donors (Lipinski definition) is 4. The number of aryl methyl sites for hydroxylation is 1. The van der Waals surface area contributed by atoms with Crippen LogP contribution in [0.4, 0.5) is 22.0 Å². The van der Waals surface area contributed by atoms with Crippen LogP contribution in [-0.2, 0) is 46.5 Å². The molecule has 0 unspecified atom stereocenters. The Labute approximate surface area is 291 Å². The number of tetrazole rings is 1. The van der Waals surface area contributed by atoms with E-state index in [4.69, 9.17) is 15.2 Å². The molecule has 0 radical (unpaired) electrons. The Morgan fingerprint density at radius 3 is 2.13 bits per heavy atom. The van der Waals surface area contributed by atoms with Gasteiger partial charge in [0.25, 0.3) is 5.91 Å². The molecule has 0 saturated heterocycles. The lowest BCUT2D eigenvalue weighted by Gasteiger charge is -2.19. The van der Waals surface area contributed by atoms with E-state index in [9.17, 15) is 31.5 Å². The Hall–Kier alpha value is -5.63. The van der Waals surface area contributed by atoms with Crippen LogP contribution in [0.1, 0.15) is 52.0 Å². The van der Waals surface area contributed by atoms with Crippen molar-refractivity contribution >= 4 is 11.9 Å². The van der Waals surface area contributed by atoms with Crippen LogP contribution < -0.4 is 5.32 Å². The van der Waals surface area contributed by atoms with Crippen molar-refractivity contribution in [2.45, 2.75) is 51.6 Å². The Kier molecular flexibility index (Phi) is 11.7. The second-order valence-corrected chi connectivity index (χ2v) is 11.3. The van der Waals surface area contributed by atoms with Crippen molar-refractivity contribution in [3.8, 4) is 22.5 Å². The first-order valence-electron chi connectivity index (χ1n) is 15.6. The Morgan fingerprint density at radius 1 is 0.904 bits per heavy atom. The number of carbonyl (C=O) groups excluding carboxylic acids is 2. The maximum Gasteiger partial charge on any atom is 0.459 e. The number of amides is 1. The van der Waals surface area contributed by atoms with E-state index in [1.807, 2.05) is 6.07 Å². The number of imidazole rings is 1. The average molecular weight is 731 g/mol. The van der Waals surface area contributed by atoms with Gasteiger partial charge in [-0.15, -0.1) is 10.2 Å². The highest BCUT2D eigenvalue weighted by Crippen LogP contribution is 2.45. The molecule has 0 aliphatic carbocycles. The first-order chi connectivity index (χ1) is 24.8. The summed E-state index contributed by atoms with van der Waals surface area (Å²) in [6.07, 6.45) is -5.80. The van der Waals surface area contributed by atoms with Crippen molar-refractivity contribution in [1.82, 2.24) is 40.9 Å². The van der Waals surface area contributed by atoms with Gasteiger partial charge >= 0.3 is 18.1 Å². The van der Waals surface area contributed by atoms with Crippen LogP contribution in [0, 0.1) is 0 Å². The quantitative estimate of drug-likeness (QED) is 0.0618. The molecular weight excluding hydrogens is 699 g/mol. The number of ether oxygens (including phenoxy) is 1. The van der Waals surface area contributed by atoms with Gasteiger partial charge in [-0.1, -0.05) is 79.7 Å². The van der Waals surface area contributed by atoms with Gasteiger partial charge in [0.05, 0.1) is 12.0 Å². The average Bonchev–Trinajstić information content (AvgIpc) is 3.79. The lowest BCUT2D eigenvalue weighted by Crippen LogP contribution is -2.38. The molecule has 1 amide bonds. The van der Waals surface area contributed by atoms with E-state index in [1.54, 1.807) is 73.7 Å². The molecule has 2 aromatic heterocycles. The zero-order valence-corrected chi connectivity index (χ0v) is 27.3. The van der Waals surface area contributed by atoms with Crippen LogP contribution in [-0.4, -0.2) is 70.6 Å². The zero-order valence-electron chi connectivity index (χ0n) is 27.3. The Bertz CT molecular complexity index is 1970. The van der Waals surface area contributed by atoms with Crippen LogP contribution in [0.5, 0.6) is 0 Å². The predicted molar refractivity (Wildman–Crippen MR) is 169 cm³/mol. The van der Waals surface area contributed by atoms with Crippen molar-refractivity contribution in [2.75, 3.05) is 6.54 Å². The van der Waals surface area contributed by atoms with E-state index in [2.05, 4.69) is 35.8 Å². The highest BCUT2D eigenvalue weighted by molar-refractivity contribution is 5.96. The number of aromatic nitrogens is 6. The first-order valence-corrected chi connectivity index (χ1v) is 15.6. The van der Waals surface area contributed by atoms with Crippen molar-refractivity contribution in [1.29, 1.82) is 0 Å². The predicted octanol–water partition coefficient (Wildman–Crippen LogP) is 5.37. The third-order valence-electron chi connectivity index (χ3n) is 7.67. The van der Waals surface area contributed by atoms with E-state index in [0.717, 1.165) is 10.1 Å². The molecular formula is C33H31F5N8O6. The highest BCUT2D eigenvalue weighted by atomic mass is 19.4. The van der Waals surface area contributed by atoms with Gasteiger partial charge in [-0.25, -0.2) is 9.82 Å². The fourth-order valence-corrected chi connectivity index (χ4v) is 5.16. The second-order valence-electron chi connectivity index (χ2n) is 11.3. The summed E-state index contributed by atoms with van der Waals surface area (Å²) in [6, 6.07) is 20.1. The number of nitrogens with zero attached hydrogens (tertiary/aromatic N) is 6. The molecule has 52 heavy (non-hydrogen) atoms. The number of H-pyrrole nitrogens is 1. The summed E-state index contributed by atoms with van der Waals surface area (Å²) in [5.41, 5.74) is 0.786. The number of esters is 1. The normalized spacial score (nSPS) is 11.9. The molecule has 0 atom stereocenters. The molecule has 0 aliphatic rings. The molecule has 4 N–H and O–H groups in total. The van der Waals surface area contributed by atoms with Gasteiger partial charge in [0, 0.05) is 18.5 Å². The summed E-state index contributed by atoms with van der Waals surface area (Å²) in [6.45, 7) is 0.0750. The summed E-state index contributed by atoms with van der Waals surface area (Å²) < 4.78 is 77.1. The molecule has 14 nitrogen and oxygen atoms in total. The maximum atomic E-state index is 15.0. The van der Waals surface area contributed by atoms with Crippen LogP contribution in [0.25, 0.3) is 22.5 Å². The fraction of sp³-hybridized carbons (Fsp3) is 0.273. The largest absolute Gasteiger partial charge is 0.460 e. The Morgan fingerprint density at radius 2 is 1.54 bits per heavy atom. The van der Waals surface area contributed by atoms with Crippen LogP contribution in [0.15, 0.2) is 72.8 Å². The minimum absolute atomic E-state index is 0.0322. The lowest BCUT2D eigenvalue weighted by atomic mass is 9.98.